The van der Waals surface area contributed by atoms with Gasteiger partial charge >= 0.3 is 29.6 Å². The number of furan rings is 1. The van der Waals surface area contributed by atoms with E-state index >= 15 is 0 Å². The molecule has 0 fully saturated rings. The minimum atomic E-state index is -1.30. The molecule has 0 aliphatic heterocycles. The van der Waals surface area contributed by atoms with Crippen molar-refractivity contribution in [3.63, 3.8) is 0 Å². The Hall–Kier alpha value is -3.65. The molecule has 0 spiro atoms. The number of carbonyl (C=O) groups excluding carboxylic acids is 1. The van der Waals surface area contributed by atoms with Crippen LogP contribution in [0.2, 0.25) is 0 Å². The zero-order chi connectivity index (χ0) is 25.0. The molecule has 8 heteroatoms. The third kappa shape index (κ3) is 4.29. The van der Waals surface area contributed by atoms with Crippen LogP contribution in [-0.4, -0.2) is 20.6 Å². The third-order valence-electron chi connectivity index (χ3n) is 6.62. The second-order valence-electron chi connectivity index (χ2n) is 8.92. The SMILES string of the molecule is Cc1c(-c2cc(C(=O)[O-])c3c(OC(C)c4ccn5nccc5c4)ccc(C)c3n2)oc2ccccc12.[Na+]. The number of aryl methyl sites for hydroxylation is 2. The molecule has 6 aromatic rings. The zero-order valence-corrected chi connectivity index (χ0v) is 23.0. The summed E-state index contributed by atoms with van der Waals surface area (Å²) in [7, 11) is 0. The molecule has 0 saturated heterocycles. The Labute approximate surface area is 235 Å². The van der Waals surface area contributed by atoms with Crippen molar-refractivity contribution in [1.29, 1.82) is 0 Å². The van der Waals surface area contributed by atoms with E-state index in [1.807, 2.05) is 75.5 Å². The summed E-state index contributed by atoms with van der Waals surface area (Å²) in [6.45, 7) is 5.76. The van der Waals surface area contributed by atoms with Gasteiger partial charge in [0.1, 0.15) is 23.1 Å². The Morgan fingerprint density at radius 3 is 2.68 bits per heavy atom. The Balaban J connectivity index is 0.00000280. The number of para-hydroxylation sites is 1. The average Bonchev–Trinajstić information content (AvgIpc) is 3.49. The number of carboxylic acid groups (broad SMARTS) is 1. The maximum atomic E-state index is 12.4. The summed E-state index contributed by atoms with van der Waals surface area (Å²) < 4.78 is 14.2. The number of fused-ring (bicyclic) bond motifs is 3. The Morgan fingerprint density at radius 1 is 1.08 bits per heavy atom. The molecule has 2 aromatic carbocycles. The van der Waals surface area contributed by atoms with Crippen molar-refractivity contribution in [2.45, 2.75) is 26.9 Å². The summed E-state index contributed by atoms with van der Waals surface area (Å²) in [5.41, 5.74) is 5.30. The quantitative estimate of drug-likeness (QED) is 0.339. The monoisotopic (exact) mass is 499 g/mol. The van der Waals surface area contributed by atoms with Gasteiger partial charge in [-0.15, -0.1) is 0 Å². The van der Waals surface area contributed by atoms with Gasteiger partial charge in [-0.2, -0.15) is 5.10 Å². The summed E-state index contributed by atoms with van der Waals surface area (Å²) in [5, 5.41) is 18.0. The molecule has 0 aliphatic carbocycles. The predicted molar refractivity (Wildman–Crippen MR) is 135 cm³/mol. The first kappa shape index (κ1) is 25.0. The van der Waals surface area contributed by atoms with Gasteiger partial charge in [0.25, 0.3) is 0 Å². The Bertz CT molecular complexity index is 1800. The molecule has 0 bridgehead atoms. The molecular weight excluding hydrogens is 477 g/mol. The maximum Gasteiger partial charge on any atom is 1.00 e. The number of benzene rings is 2. The first-order chi connectivity index (χ1) is 17.4. The number of aromatic carboxylic acids is 1. The predicted octanol–water partition coefficient (Wildman–Crippen LogP) is 2.42. The van der Waals surface area contributed by atoms with E-state index in [-0.39, 0.29) is 41.2 Å². The largest absolute Gasteiger partial charge is 1.00 e. The number of rotatable bonds is 5. The van der Waals surface area contributed by atoms with Crippen LogP contribution in [0, 0.1) is 13.8 Å². The van der Waals surface area contributed by atoms with Gasteiger partial charge in [-0.3, -0.25) is 0 Å². The van der Waals surface area contributed by atoms with E-state index in [1.165, 1.54) is 6.07 Å². The van der Waals surface area contributed by atoms with Gasteiger partial charge in [-0.1, -0.05) is 24.3 Å². The van der Waals surface area contributed by atoms with Crippen LogP contribution in [0.25, 0.3) is 38.8 Å². The molecular formula is C29H22N3NaO4. The summed E-state index contributed by atoms with van der Waals surface area (Å²) in [6.07, 6.45) is 3.26. The van der Waals surface area contributed by atoms with Crippen molar-refractivity contribution in [2.75, 3.05) is 0 Å². The van der Waals surface area contributed by atoms with E-state index < -0.39 is 5.97 Å². The van der Waals surface area contributed by atoms with E-state index in [0.29, 0.717) is 28.1 Å². The molecule has 1 unspecified atom stereocenters. The molecule has 0 radical (unpaired) electrons. The topological polar surface area (TPSA) is 92.7 Å². The Morgan fingerprint density at radius 2 is 1.89 bits per heavy atom. The van der Waals surface area contributed by atoms with Crippen LogP contribution in [0.5, 0.6) is 5.75 Å². The van der Waals surface area contributed by atoms with Gasteiger partial charge in [-0.05, 0) is 68.3 Å². The van der Waals surface area contributed by atoms with Crippen LogP contribution in [0.3, 0.4) is 0 Å². The average molecular weight is 500 g/mol. The number of carboxylic acids is 1. The normalized spacial score (nSPS) is 12.1. The fourth-order valence-electron chi connectivity index (χ4n) is 4.69. The van der Waals surface area contributed by atoms with Crippen molar-refractivity contribution in [3.8, 4) is 17.2 Å². The molecule has 0 N–H and O–H groups in total. The molecule has 178 valence electrons. The van der Waals surface area contributed by atoms with Crippen molar-refractivity contribution in [3.05, 3.63) is 95.3 Å². The van der Waals surface area contributed by atoms with Gasteiger partial charge in [0.05, 0.1) is 22.4 Å². The van der Waals surface area contributed by atoms with E-state index in [0.717, 1.165) is 33.2 Å². The molecule has 4 heterocycles. The molecule has 0 amide bonds. The molecule has 0 aliphatic rings. The number of aromatic nitrogens is 3. The molecule has 7 nitrogen and oxygen atoms in total. The summed E-state index contributed by atoms with van der Waals surface area (Å²) in [6, 6.07) is 18.7. The maximum absolute atomic E-state index is 12.4. The van der Waals surface area contributed by atoms with Crippen molar-refractivity contribution < 1.29 is 48.6 Å². The van der Waals surface area contributed by atoms with Crippen molar-refractivity contribution in [1.82, 2.24) is 14.6 Å². The van der Waals surface area contributed by atoms with Crippen LogP contribution in [0.15, 0.2) is 77.5 Å². The zero-order valence-electron chi connectivity index (χ0n) is 21.0. The van der Waals surface area contributed by atoms with Gasteiger partial charge in [0, 0.05) is 28.9 Å². The number of carbonyl (C=O) groups is 1. The van der Waals surface area contributed by atoms with Crippen LogP contribution >= 0.6 is 0 Å². The number of hydrogen-bond donors (Lipinski definition) is 0. The third-order valence-corrected chi connectivity index (χ3v) is 6.62. The number of nitrogens with zero attached hydrogens (tertiary/aromatic N) is 3. The van der Waals surface area contributed by atoms with Crippen LogP contribution in [-0.2, 0) is 0 Å². The number of ether oxygens (including phenoxy) is 1. The second kappa shape index (κ2) is 9.67. The van der Waals surface area contributed by atoms with Crippen molar-refractivity contribution in [2.24, 2.45) is 0 Å². The van der Waals surface area contributed by atoms with Crippen molar-refractivity contribution >= 4 is 33.4 Å². The standard InChI is InChI=1S/C29H23N3O4.Na/c1-16-8-9-25(35-18(3)19-11-13-32-20(14-19)10-12-30-32)26-22(29(33)34)15-23(31-27(16)26)28-17(2)21-6-4-5-7-24(21)36-28;/h4-15,18H,1-3H3,(H,33,34);/q;+1/p-1. The molecule has 4 aromatic heterocycles. The van der Waals surface area contributed by atoms with Gasteiger partial charge < -0.3 is 19.1 Å². The van der Waals surface area contributed by atoms with Crippen LogP contribution < -0.4 is 39.4 Å². The first-order valence-corrected chi connectivity index (χ1v) is 11.6. The van der Waals surface area contributed by atoms with Gasteiger partial charge in [-0.25, -0.2) is 9.50 Å². The van der Waals surface area contributed by atoms with E-state index in [1.54, 1.807) is 16.8 Å². The van der Waals surface area contributed by atoms with E-state index in [9.17, 15) is 9.90 Å². The van der Waals surface area contributed by atoms with Crippen LogP contribution in [0.1, 0.15) is 40.1 Å². The molecule has 1 atom stereocenters. The fourth-order valence-corrected chi connectivity index (χ4v) is 4.69. The number of pyridine rings is 2. The Kier molecular flexibility index (Phi) is 6.54. The first-order valence-electron chi connectivity index (χ1n) is 11.6. The summed E-state index contributed by atoms with van der Waals surface area (Å²) in [5.74, 6) is -0.342. The second-order valence-corrected chi connectivity index (χ2v) is 8.92. The summed E-state index contributed by atoms with van der Waals surface area (Å²) >= 11 is 0. The van der Waals surface area contributed by atoms with E-state index in [4.69, 9.17) is 14.1 Å². The molecule has 6 rings (SSSR count). The number of hydrogen-bond acceptors (Lipinski definition) is 6. The minimum Gasteiger partial charge on any atom is -0.545 e. The van der Waals surface area contributed by atoms with Crippen LogP contribution in [0.4, 0.5) is 0 Å². The van der Waals surface area contributed by atoms with E-state index in [2.05, 4.69) is 5.10 Å². The molecule has 37 heavy (non-hydrogen) atoms. The fraction of sp³-hybridized carbons (Fsp3) is 0.138. The molecule has 0 saturated carbocycles. The van der Waals surface area contributed by atoms with Gasteiger partial charge in [0.15, 0.2) is 5.76 Å². The minimum absolute atomic E-state index is 0. The summed E-state index contributed by atoms with van der Waals surface area (Å²) in [4.78, 5) is 17.2. The van der Waals surface area contributed by atoms with Gasteiger partial charge in [0.2, 0.25) is 0 Å². The smallest absolute Gasteiger partial charge is 0.545 e.